The lowest BCUT2D eigenvalue weighted by Gasteiger charge is -2.10. The van der Waals surface area contributed by atoms with Crippen molar-refractivity contribution in [3.8, 4) is 11.1 Å². The smallest absolute Gasteiger partial charge is 0.144 e. The lowest BCUT2D eigenvalue weighted by molar-refractivity contribution is 0.669. The molecule has 0 saturated heterocycles. The van der Waals surface area contributed by atoms with Crippen LogP contribution in [0.15, 0.2) is 149 Å². The van der Waals surface area contributed by atoms with Crippen molar-refractivity contribution in [2.75, 3.05) is 0 Å². The van der Waals surface area contributed by atoms with Crippen LogP contribution >= 0.6 is 11.3 Å². The molecule has 0 saturated carbocycles. The van der Waals surface area contributed by atoms with E-state index in [0.29, 0.717) is 0 Å². The molecule has 0 N–H and O–H groups in total. The highest BCUT2D eigenvalue weighted by Crippen LogP contribution is 2.43. The standard InChI is InChI=1S/C41H27NOS/c1-3-13-26(14-4-1)30-20-12-23-35(42-38-33-19-9-10-24-36(33)44-41(30)38)32-22-11-21-31-34-25-28-17-7-8-18-29(28)37(40(34)43-39(31)32)27-15-5-2-6-16-27/h1-11,13-19,21-25H,12,20H2/b35-23-,41-30-,42-38-. The molecule has 0 fully saturated rings. The number of rotatable bonds is 3. The first-order valence-corrected chi connectivity index (χ1v) is 15.9. The van der Waals surface area contributed by atoms with Crippen LogP contribution in [0.3, 0.4) is 0 Å². The second kappa shape index (κ2) is 10.2. The van der Waals surface area contributed by atoms with Crippen molar-refractivity contribution in [3.63, 3.8) is 0 Å². The van der Waals surface area contributed by atoms with E-state index in [2.05, 4.69) is 140 Å². The molecule has 2 aromatic heterocycles. The zero-order chi connectivity index (χ0) is 29.0. The Morgan fingerprint density at radius 3 is 2.14 bits per heavy atom. The first-order chi connectivity index (χ1) is 21.8. The fourth-order valence-corrected chi connectivity index (χ4v) is 7.99. The van der Waals surface area contributed by atoms with Gasteiger partial charge >= 0.3 is 0 Å². The third-order valence-electron chi connectivity index (χ3n) is 8.78. The first kappa shape index (κ1) is 25.3. The topological polar surface area (TPSA) is 25.5 Å². The molecule has 8 aromatic rings. The van der Waals surface area contributed by atoms with Gasteiger partial charge < -0.3 is 4.42 Å². The van der Waals surface area contributed by atoms with Crippen LogP contribution in [0.25, 0.3) is 65.2 Å². The summed E-state index contributed by atoms with van der Waals surface area (Å²) >= 11 is 1.85. The molecule has 3 heteroatoms. The van der Waals surface area contributed by atoms with Crippen LogP contribution in [0.1, 0.15) is 24.0 Å². The fraction of sp³-hybridized carbons (Fsp3) is 0.0488. The van der Waals surface area contributed by atoms with E-state index in [1.54, 1.807) is 0 Å². The molecule has 2 nitrogen and oxygen atoms in total. The minimum atomic E-state index is 0.888. The number of hydrogen-bond acceptors (Lipinski definition) is 3. The van der Waals surface area contributed by atoms with Gasteiger partial charge in [-0.15, -0.1) is 11.3 Å². The van der Waals surface area contributed by atoms with Crippen molar-refractivity contribution in [1.29, 1.82) is 0 Å². The third-order valence-corrected chi connectivity index (χ3v) is 10.00. The Balaban J connectivity index is 1.35. The maximum atomic E-state index is 6.95. The van der Waals surface area contributed by atoms with Gasteiger partial charge in [-0.3, -0.25) is 0 Å². The molecule has 208 valence electrons. The van der Waals surface area contributed by atoms with Gasteiger partial charge in [-0.1, -0.05) is 121 Å². The summed E-state index contributed by atoms with van der Waals surface area (Å²) in [6.45, 7) is 0. The minimum absolute atomic E-state index is 0.888. The number of allylic oxidation sites excluding steroid dienone is 1. The van der Waals surface area contributed by atoms with Crippen LogP contribution in [0, 0.1) is 0 Å². The zero-order valence-corrected chi connectivity index (χ0v) is 24.8. The van der Waals surface area contributed by atoms with Crippen LogP contribution in [0.5, 0.6) is 0 Å². The largest absolute Gasteiger partial charge is 0.455 e. The molecule has 0 spiro atoms. The first-order valence-electron chi connectivity index (χ1n) is 15.1. The molecular weight excluding hydrogens is 555 g/mol. The monoisotopic (exact) mass is 581 g/mol. The van der Waals surface area contributed by atoms with E-state index in [1.807, 2.05) is 11.3 Å². The molecule has 0 bridgehead atoms. The number of benzene rings is 6. The number of hydrogen-bond donors (Lipinski definition) is 0. The van der Waals surface area contributed by atoms with Gasteiger partial charge in [0.2, 0.25) is 0 Å². The highest BCUT2D eigenvalue weighted by molar-refractivity contribution is 7.17. The number of para-hydroxylation sites is 1. The molecule has 1 aliphatic rings. The normalized spacial score (nSPS) is 16.7. The van der Waals surface area contributed by atoms with E-state index in [4.69, 9.17) is 9.41 Å². The second-order valence-corrected chi connectivity index (χ2v) is 12.4. The molecule has 3 heterocycles. The highest BCUT2D eigenvalue weighted by atomic mass is 32.1. The van der Waals surface area contributed by atoms with Crippen LogP contribution < -0.4 is 9.89 Å². The van der Waals surface area contributed by atoms with E-state index in [1.165, 1.54) is 36.5 Å². The van der Waals surface area contributed by atoms with Crippen LogP contribution in [0.4, 0.5) is 0 Å². The molecule has 6 aromatic carbocycles. The number of thiophene rings is 1. The molecule has 0 amide bonds. The summed E-state index contributed by atoms with van der Waals surface area (Å²) in [6.07, 6.45) is 4.14. The lowest BCUT2D eigenvalue weighted by atomic mass is 9.95. The van der Waals surface area contributed by atoms with Crippen molar-refractivity contribution >= 4 is 65.4 Å². The Hall–Kier alpha value is -5.25. The van der Waals surface area contributed by atoms with Gasteiger partial charge in [-0.2, -0.15) is 0 Å². The number of furan rings is 1. The highest BCUT2D eigenvalue weighted by Gasteiger charge is 2.20. The SMILES string of the molecule is C1=C(c2cccc3c2oc2c(-c4ccccc4)c4ccccc4cc23)/N=c2\c(sc3ccccc23)=C(\c2ccccc2)CC\1. The van der Waals surface area contributed by atoms with Gasteiger partial charge in [0.05, 0.1) is 15.6 Å². The number of fused-ring (bicyclic) bond motifs is 7. The van der Waals surface area contributed by atoms with E-state index in [9.17, 15) is 0 Å². The van der Waals surface area contributed by atoms with E-state index in [0.717, 1.165) is 62.5 Å². The van der Waals surface area contributed by atoms with Gasteiger partial charge in [0, 0.05) is 32.0 Å². The molecular formula is C41H27NOS. The van der Waals surface area contributed by atoms with Gasteiger partial charge in [0.1, 0.15) is 11.2 Å². The molecule has 0 atom stereocenters. The summed E-state index contributed by atoms with van der Waals surface area (Å²) in [5, 5.41) is 6.90. The van der Waals surface area contributed by atoms with Crippen molar-refractivity contribution in [1.82, 2.24) is 0 Å². The van der Waals surface area contributed by atoms with Crippen molar-refractivity contribution in [3.05, 3.63) is 161 Å². The summed E-state index contributed by atoms with van der Waals surface area (Å²) < 4.78 is 9.47. The van der Waals surface area contributed by atoms with E-state index < -0.39 is 0 Å². The third kappa shape index (κ3) is 3.97. The Bertz CT molecular complexity index is 2540. The maximum Gasteiger partial charge on any atom is 0.144 e. The van der Waals surface area contributed by atoms with Crippen molar-refractivity contribution in [2.45, 2.75) is 12.8 Å². The summed E-state index contributed by atoms with van der Waals surface area (Å²) in [7, 11) is 0. The quantitative estimate of drug-likeness (QED) is 0.204. The van der Waals surface area contributed by atoms with Crippen molar-refractivity contribution in [2.24, 2.45) is 4.99 Å². The summed E-state index contributed by atoms with van der Waals surface area (Å²) in [6, 6.07) is 47.4. The second-order valence-electron chi connectivity index (χ2n) is 11.4. The summed E-state index contributed by atoms with van der Waals surface area (Å²) in [5.74, 6) is 0. The van der Waals surface area contributed by atoms with Gasteiger partial charge in [0.25, 0.3) is 0 Å². The molecule has 1 aliphatic heterocycles. The molecule has 9 rings (SSSR count). The molecule has 0 radical (unpaired) electrons. The van der Waals surface area contributed by atoms with E-state index in [-0.39, 0.29) is 0 Å². The van der Waals surface area contributed by atoms with Gasteiger partial charge in [-0.25, -0.2) is 4.99 Å². The van der Waals surface area contributed by atoms with Crippen molar-refractivity contribution < 1.29 is 4.42 Å². The number of nitrogens with zero attached hydrogens (tertiary/aromatic N) is 1. The Morgan fingerprint density at radius 2 is 1.30 bits per heavy atom. The molecule has 0 unspecified atom stereocenters. The average molecular weight is 582 g/mol. The predicted molar refractivity (Wildman–Crippen MR) is 185 cm³/mol. The maximum absolute atomic E-state index is 6.95. The van der Waals surface area contributed by atoms with Gasteiger partial charge in [0.15, 0.2) is 0 Å². The zero-order valence-electron chi connectivity index (χ0n) is 24.0. The lowest BCUT2D eigenvalue weighted by Crippen LogP contribution is -2.23. The average Bonchev–Trinajstić information content (AvgIpc) is 3.62. The minimum Gasteiger partial charge on any atom is -0.455 e. The summed E-state index contributed by atoms with van der Waals surface area (Å²) in [4.78, 5) is 5.48. The predicted octanol–water partition coefficient (Wildman–Crippen LogP) is 10.3. The Labute approximate surface area is 258 Å². The Morgan fingerprint density at radius 1 is 0.591 bits per heavy atom. The fourth-order valence-electron chi connectivity index (χ4n) is 6.75. The van der Waals surface area contributed by atoms with Crippen LogP contribution in [-0.2, 0) is 0 Å². The van der Waals surface area contributed by atoms with Crippen LogP contribution in [-0.4, -0.2) is 0 Å². The van der Waals surface area contributed by atoms with E-state index >= 15 is 0 Å². The Kier molecular flexibility index (Phi) is 5.85. The van der Waals surface area contributed by atoms with Crippen LogP contribution in [0.2, 0.25) is 0 Å². The van der Waals surface area contributed by atoms with Gasteiger partial charge in [-0.05, 0) is 58.5 Å². The summed E-state index contributed by atoms with van der Waals surface area (Å²) in [5.41, 5.74) is 8.74. The molecule has 44 heavy (non-hydrogen) atoms. The molecule has 0 aliphatic carbocycles.